The first-order valence-electron chi connectivity index (χ1n) is 12.8. The molecule has 0 amide bonds. The van der Waals surface area contributed by atoms with Crippen LogP contribution in [0.15, 0.2) is 91.0 Å². The van der Waals surface area contributed by atoms with E-state index in [-0.39, 0.29) is 10.3 Å². The first-order valence-corrected chi connectivity index (χ1v) is 13.7. The summed E-state index contributed by atoms with van der Waals surface area (Å²) in [5, 5.41) is 0.613. The van der Waals surface area contributed by atoms with Crippen molar-refractivity contribution in [1.29, 1.82) is 0 Å². The van der Waals surface area contributed by atoms with Crippen LogP contribution in [0.2, 0.25) is 0 Å². The summed E-state index contributed by atoms with van der Waals surface area (Å²) in [5.74, 6) is 0. The summed E-state index contributed by atoms with van der Waals surface area (Å²) in [6.07, 6.45) is 1.15. The SMILES string of the molecule is CC(C)(C)S[C@@H]1C[C@@H](COC(c2ccccc2)(c2ccccc2)c2ccccc2)N(C(C)(C)C)C1. The maximum Gasteiger partial charge on any atom is 0.143 e. The van der Waals surface area contributed by atoms with Gasteiger partial charge in [-0.25, -0.2) is 0 Å². The Morgan fingerprint density at radius 1 is 0.714 bits per heavy atom. The van der Waals surface area contributed by atoms with Gasteiger partial charge in [-0.15, -0.1) is 0 Å². The van der Waals surface area contributed by atoms with Crippen LogP contribution in [0.25, 0.3) is 0 Å². The zero-order valence-electron chi connectivity index (χ0n) is 22.2. The number of nitrogens with zero attached hydrogens (tertiary/aromatic N) is 1. The van der Waals surface area contributed by atoms with E-state index in [9.17, 15) is 0 Å². The summed E-state index contributed by atoms with van der Waals surface area (Å²) in [7, 11) is 0. The van der Waals surface area contributed by atoms with Crippen molar-refractivity contribution in [3.63, 3.8) is 0 Å². The van der Waals surface area contributed by atoms with Gasteiger partial charge in [-0.3, -0.25) is 4.90 Å². The Balaban J connectivity index is 1.74. The Kier molecular flexibility index (Phi) is 7.80. The molecule has 0 aromatic heterocycles. The van der Waals surface area contributed by atoms with E-state index < -0.39 is 5.60 Å². The van der Waals surface area contributed by atoms with Crippen molar-refractivity contribution in [3.05, 3.63) is 108 Å². The predicted octanol–water partition coefficient (Wildman–Crippen LogP) is 7.77. The van der Waals surface area contributed by atoms with Gasteiger partial charge in [0.2, 0.25) is 0 Å². The molecule has 1 aliphatic rings. The minimum Gasteiger partial charge on any atom is -0.359 e. The largest absolute Gasteiger partial charge is 0.359 e. The zero-order valence-corrected chi connectivity index (χ0v) is 23.0. The summed E-state index contributed by atoms with van der Waals surface area (Å²) in [6.45, 7) is 15.8. The first-order chi connectivity index (χ1) is 16.6. The lowest BCUT2D eigenvalue weighted by Crippen LogP contribution is -2.48. The summed E-state index contributed by atoms with van der Waals surface area (Å²) in [5.41, 5.74) is 2.92. The lowest BCUT2D eigenvalue weighted by atomic mass is 9.80. The number of rotatable bonds is 7. The minimum absolute atomic E-state index is 0.0934. The van der Waals surface area contributed by atoms with Crippen LogP contribution in [0, 0.1) is 0 Å². The molecular formula is C32H41NOS. The van der Waals surface area contributed by atoms with Crippen LogP contribution >= 0.6 is 11.8 Å². The molecule has 1 heterocycles. The molecule has 0 spiro atoms. The molecule has 35 heavy (non-hydrogen) atoms. The predicted molar refractivity (Wildman–Crippen MR) is 151 cm³/mol. The first kappa shape index (κ1) is 26.0. The van der Waals surface area contributed by atoms with Crippen molar-refractivity contribution >= 4 is 11.8 Å². The van der Waals surface area contributed by atoms with Crippen molar-refractivity contribution in [2.24, 2.45) is 0 Å². The molecular weight excluding hydrogens is 446 g/mol. The van der Waals surface area contributed by atoms with Gasteiger partial charge < -0.3 is 4.74 Å². The molecule has 0 radical (unpaired) electrons. The van der Waals surface area contributed by atoms with E-state index in [4.69, 9.17) is 4.74 Å². The van der Waals surface area contributed by atoms with E-state index >= 15 is 0 Å². The number of benzene rings is 3. The number of likely N-dealkylation sites (tertiary alicyclic amines) is 1. The van der Waals surface area contributed by atoms with Crippen LogP contribution in [0.3, 0.4) is 0 Å². The van der Waals surface area contributed by atoms with Gasteiger partial charge in [-0.1, -0.05) is 112 Å². The minimum atomic E-state index is -0.664. The quantitative estimate of drug-likeness (QED) is 0.316. The smallest absolute Gasteiger partial charge is 0.143 e. The Labute approximate surface area is 217 Å². The molecule has 0 aliphatic carbocycles. The molecule has 1 aliphatic heterocycles. The van der Waals surface area contributed by atoms with E-state index in [0.717, 1.165) is 13.0 Å². The normalized spacial score (nSPS) is 19.7. The molecule has 3 aromatic carbocycles. The van der Waals surface area contributed by atoms with Gasteiger partial charge in [0.25, 0.3) is 0 Å². The highest BCUT2D eigenvalue weighted by molar-refractivity contribution is 8.01. The third-order valence-electron chi connectivity index (χ3n) is 6.79. The molecule has 2 nitrogen and oxygen atoms in total. The second-order valence-corrected chi connectivity index (χ2v) is 13.8. The fourth-order valence-electron chi connectivity index (χ4n) is 5.43. The maximum absolute atomic E-state index is 7.22. The van der Waals surface area contributed by atoms with Crippen molar-refractivity contribution in [2.45, 2.75) is 75.1 Å². The molecule has 1 saturated heterocycles. The highest BCUT2D eigenvalue weighted by atomic mass is 32.2. The molecule has 3 heteroatoms. The van der Waals surface area contributed by atoms with Crippen LogP contribution in [0.1, 0.15) is 64.7 Å². The Morgan fingerprint density at radius 3 is 1.51 bits per heavy atom. The maximum atomic E-state index is 7.22. The van der Waals surface area contributed by atoms with E-state index in [1.165, 1.54) is 16.7 Å². The van der Waals surface area contributed by atoms with Gasteiger partial charge >= 0.3 is 0 Å². The van der Waals surface area contributed by atoms with Crippen LogP contribution in [-0.4, -0.2) is 39.6 Å². The second kappa shape index (κ2) is 10.5. The monoisotopic (exact) mass is 487 g/mol. The van der Waals surface area contributed by atoms with Gasteiger partial charge in [-0.2, -0.15) is 11.8 Å². The molecule has 0 unspecified atom stereocenters. The molecule has 0 N–H and O–H groups in total. The third kappa shape index (κ3) is 6.02. The molecule has 3 aromatic rings. The molecule has 0 bridgehead atoms. The van der Waals surface area contributed by atoms with E-state index in [0.29, 0.717) is 17.9 Å². The fraction of sp³-hybridized carbons (Fsp3) is 0.438. The number of thioether (sulfide) groups is 1. The summed E-state index contributed by atoms with van der Waals surface area (Å²) in [6, 6.07) is 32.5. The lowest BCUT2D eigenvalue weighted by molar-refractivity contribution is -0.0299. The average Bonchev–Trinajstić information content (AvgIpc) is 3.23. The van der Waals surface area contributed by atoms with Crippen LogP contribution in [-0.2, 0) is 10.3 Å². The van der Waals surface area contributed by atoms with Crippen molar-refractivity contribution < 1.29 is 4.74 Å². The summed E-state index contributed by atoms with van der Waals surface area (Å²) < 4.78 is 7.48. The third-order valence-corrected chi connectivity index (χ3v) is 8.17. The van der Waals surface area contributed by atoms with Crippen LogP contribution < -0.4 is 0 Å². The van der Waals surface area contributed by atoms with Crippen LogP contribution in [0.4, 0.5) is 0 Å². The van der Waals surface area contributed by atoms with Gasteiger partial charge in [0.1, 0.15) is 5.60 Å². The highest BCUT2D eigenvalue weighted by Gasteiger charge is 2.43. The van der Waals surface area contributed by atoms with Crippen molar-refractivity contribution in [2.75, 3.05) is 13.2 Å². The van der Waals surface area contributed by atoms with Gasteiger partial charge in [0.05, 0.1) is 6.61 Å². The Bertz CT molecular complexity index is 957. The second-order valence-electron chi connectivity index (χ2n) is 11.7. The van der Waals surface area contributed by atoms with Crippen LogP contribution in [0.5, 0.6) is 0 Å². The number of hydrogen-bond acceptors (Lipinski definition) is 3. The lowest BCUT2D eigenvalue weighted by Gasteiger charge is -2.40. The van der Waals surface area contributed by atoms with Crippen molar-refractivity contribution in [3.8, 4) is 0 Å². The molecule has 1 fully saturated rings. The Hall–Kier alpha value is -2.07. The number of hydrogen-bond donors (Lipinski definition) is 0. The standard InChI is InChI=1S/C32H41NOS/c1-30(2,3)33-23-29(35-31(4,5)6)22-28(33)24-34-32(25-16-10-7-11-17-25,26-18-12-8-13-19-26)27-20-14-9-15-21-27/h7-21,28-29H,22-24H2,1-6H3/t28-,29+/m0/s1. The molecule has 186 valence electrons. The number of ether oxygens (including phenoxy) is 1. The van der Waals surface area contributed by atoms with Crippen molar-refractivity contribution in [1.82, 2.24) is 4.90 Å². The Morgan fingerprint density at radius 2 is 1.14 bits per heavy atom. The van der Waals surface area contributed by atoms with Gasteiger partial charge in [-0.05, 0) is 43.9 Å². The van der Waals surface area contributed by atoms with Gasteiger partial charge in [0, 0.05) is 28.1 Å². The molecule has 0 saturated carbocycles. The van der Waals surface area contributed by atoms with Gasteiger partial charge in [0.15, 0.2) is 0 Å². The topological polar surface area (TPSA) is 12.5 Å². The highest BCUT2D eigenvalue weighted by Crippen LogP contribution is 2.43. The zero-order chi connectivity index (χ0) is 25.1. The molecule has 2 atom stereocenters. The fourth-order valence-corrected chi connectivity index (χ4v) is 6.98. The van der Waals surface area contributed by atoms with E-state index in [1.807, 2.05) is 0 Å². The molecule has 4 rings (SSSR count). The van der Waals surface area contributed by atoms with E-state index in [1.54, 1.807) is 0 Å². The summed E-state index contributed by atoms with van der Waals surface area (Å²) in [4.78, 5) is 2.67. The van der Waals surface area contributed by atoms with E-state index in [2.05, 4.69) is 149 Å². The summed E-state index contributed by atoms with van der Waals surface area (Å²) >= 11 is 2.11. The average molecular weight is 488 g/mol.